The van der Waals surface area contributed by atoms with Gasteiger partial charge in [0.05, 0.1) is 22.3 Å². The van der Waals surface area contributed by atoms with Crippen molar-refractivity contribution in [3.63, 3.8) is 0 Å². The van der Waals surface area contributed by atoms with Gasteiger partial charge in [-0.1, -0.05) is 6.07 Å². The summed E-state index contributed by atoms with van der Waals surface area (Å²) in [7, 11) is 0. The number of anilines is 1. The van der Waals surface area contributed by atoms with Crippen LogP contribution in [0.2, 0.25) is 0 Å². The molecular weight excluding hydrogens is 328 g/mol. The second-order valence-corrected chi connectivity index (χ2v) is 6.98. The van der Waals surface area contributed by atoms with Crippen molar-refractivity contribution in [3.05, 3.63) is 52.5 Å². The Hall–Kier alpha value is -2.51. The zero-order chi connectivity index (χ0) is 15.8. The van der Waals surface area contributed by atoms with E-state index in [-0.39, 0.29) is 5.91 Å². The SMILES string of the molecule is Cc1nc(-c2cccs2)sc1C(=O)Nc1ccc2[nH]ncc2c1. The minimum atomic E-state index is -0.134. The lowest BCUT2D eigenvalue weighted by Gasteiger charge is -2.03. The van der Waals surface area contributed by atoms with Crippen LogP contribution in [0.1, 0.15) is 15.4 Å². The lowest BCUT2D eigenvalue weighted by molar-refractivity contribution is 0.103. The highest BCUT2D eigenvalue weighted by molar-refractivity contribution is 7.22. The molecule has 0 unspecified atom stereocenters. The summed E-state index contributed by atoms with van der Waals surface area (Å²) in [6.07, 6.45) is 1.73. The average molecular weight is 340 g/mol. The first kappa shape index (κ1) is 14.1. The quantitative estimate of drug-likeness (QED) is 0.584. The van der Waals surface area contributed by atoms with Crippen LogP contribution in [0.25, 0.3) is 20.8 Å². The predicted molar refractivity (Wildman–Crippen MR) is 94.2 cm³/mol. The van der Waals surface area contributed by atoms with E-state index in [1.807, 2.05) is 42.6 Å². The molecule has 4 aromatic rings. The van der Waals surface area contributed by atoms with Crippen LogP contribution in [-0.2, 0) is 0 Å². The fraction of sp³-hybridized carbons (Fsp3) is 0.0625. The van der Waals surface area contributed by atoms with Gasteiger partial charge in [-0.05, 0) is 36.6 Å². The van der Waals surface area contributed by atoms with Gasteiger partial charge in [0.25, 0.3) is 5.91 Å². The Bertz CT molecular complexity index is 985. The molecule has 0 aliphatic heterocycles. The maximum atomic E-state index is 12.5. The number of amides is 1. The summed E-state index contributed by atoms with van der Waals surface area (Å²) in [6, 6.07) is 9.64. The van der Waals surface area contributed by atoms with Gasteiger partial charge in [-0.25, -0.2) is 4.98 Å². The van der Waals surface area contributed by atoms with Crippen LogP contribution < -0.4 is 5.32 Å². The van der Waals surface area contributed by atoms with E-state index in [0.29, 0.717) is 4.88 Å². The molecule has 0 atom stereocenters. The summed E-state index contributed by atoms with van der Waals surface area (Å²) in [4.78, 5) is 18.8. The Balaban J connectivity index is 1.61. The molecule has 0 saturated carbocycles. The van der Waals surface area contributed by atoms with Gasteiger partial charge in [-0.2, -0.15) is 5.10 Å². The van der Waals surface area contributed by atoms with E-state index in [1.54, 1.807) is 17.5 Å². The molecule has 0 fully saturated rings. The molecule has 2 N–H and O–H groups in total. The van der Waals surface area contributed by atoms with Crippen molar-refractivity contribution >= 4 is 45.2 Å². The van der Waals surface area contributed by atoms with Crippen LogP contribution >= 0.6 is 22.7 Å². The molecule has 1 aromatic carbocycles. The number of nitrogens with zero attached hydrogens (tertiary/aromatic N) is 2. The highest BCUT2D eigenvalue weighted by Gasteiger charge is 2.17. The lowest BCUT2D eigenvalue weighted by Crippen LogP contribution is -2.11. The van der Waals surface area contributed by atoms with E-state index in [1.165, 1.54) is 11.3 Å². The second kappa shape index (κ2) is 5.60. The van der Waals surface area contributed by atoms with E-state index in [9.17, 15) is 4.79 Å². The lowest BCUT2D eigenvalue weighted by atomic mass is 10.2. The molecule has 3 aromatic heterocycles. The summed E-state index contributed by atoms with van der Waals surface area (Å²) >= 11 is 3.04. The van der Waals surface area contributed by atoms with Crippen molar-refractivity contribution in [2.45, 2.75) is 6.92 Å². The van der Waals surface area contributed by atoms with Gasteiger partial charge in [0.15, 0.2) is 0 Å². The van der Waals surface area contributed by atoms with Crippen LogP contribution in [0.4, 0.5) is 5.69 Å². The van der Waals surface area contributed by atoms with Gasteiger partial charge < -0.3 is 5.32 Å². The largest absolute Gasteiger partial charge is 0.321 e. The average Bonchev–Trinajstić information content (AvgIpc) is 3.26. The van der Waals surface area contributed by atoms with E-state index in [2.05, 4.69) is 20.5 Å². The van der Waals surface area contributed by atoms with Crippen LogP contribution in [0.5, 0.6) is 0 Å². The first-order chi connectivity index (χ1) is 11.2. The van der Waals surface area contributed by atoms with Gasteiger partial charge in [-0.3, -0.25) is 9.89 Å². The maximum Gasteiger partial charge on any atom is 0.267 e. The third-order valence-corrected chi connectivity index (χ3v) is 5.63. The number of carbonyl (C=O) groups excluding carboxylic acids is 1. The van der Waals surface area contributed by atoms with Gasteiger partial charge in [0, 0.05) is 11.1 Å². The van der Waals surface area contributed by atoms with Crippen molar-refractivity contribution in [2.24, 2.45) is 0 Å². The van der Waals surface area contributed by atoms with Gasteiger partial charge in [0.2, 0.25) is 0 Å². The highest BCUT2D eigenvalue weighted by atomic mass is 32.1. The Morgan fingerprint density at radius 3 is 3.04 bits per heavy atom. The molecule has 0 bridgehead atoms. The highest BCUT2D eigenvalue weighted by Crippen LogP contribution is 2.31. The van der Waals surface area contributed by atoms with Crippen LogP contribution in [0, 0.1) is 6.92 Å². The van der Waals surface area contributed by atoms with Gasteiger partial charge >= 0.3 is 0 Å². The first-order valence-corrected chi connectivity index (χ1v) is 8.66. The molecule has 3 heterocycles. The molecule has 7 heteroatoms. The zero-order valence-electron chi connectivity index (χ0n) is 12.2. The predicted octanol–water partition coefficient (Wildman–Crippen LogP) is 4.31. The Morgan fingerprint density at radius 1 is 1.30 bits per heavy atom. The molecule has 5 nitrogen and oxygen atoms in total. The monoisotopic (exact) mass is 340 g/mol. The van der Waals surface area contributed by atoms with Crippen molar-refractivity contribution < 1.29 is 4.79 Å². The minimum Gasteiger partial charge on any atom is -0.321 e. The molecule has 114 valence electrons. The number of thiazole rings is 1. The standard InChI is InChI=1S/C16H12N4OS2/c1-9-14(23-16(18-9)13-3-2-6-22-13)15(21)19-11-4-5-12-10(7-11)8-17-20-12/h2-8H,1H3,(H,17,20)(H,19,21). The number of aromatic nitrogens is 3. The van der Waals surface area contributed by atoms with Crippen LogP contribution in [-0.4, -0.2) is 21.1 Å². The third kappa shape index (κ3) is 2.64. The fourth-order valence-corrected chi connectivity index (χ4v) is 4.08. The topological polar surface area (TPSA) is 70.7 Å². The molecular formula is C16H12N4OS2. The summed E-state index contributed by atoms with van der Waals surface area (Å²) in [5.74, 6) is -0.134. The number of hydrogen-bond donors (Lipinski definition) is 2. The molecule has 0 radical (unpaired) electrons. The Kier molecular flexibility index (Phi) is 3.44. The number of benzene rings is 1. The van der Waals surface area contributed by atoms with E-state index < -0.39 is 0 Å². The van der Waals surface area contributed by atoms with E-state index >= 15 is 0 Å². The molecule has 1 amide bonds. The van der Waals surface area contributed by atoms with E-state index in [0.717, 1.165) is 32.2 Å². The molecule has 0 aliphatic rings. The number of aromatic amines is 1. The molecule has 4 rings (SSSR count). The number of H-pyrrole nitrogens is 1. The number of thiophene rings is 1. The number of aryl methyl sites for hydroxylation is 1. The van der Waals surface area contributed by atoms with Gasteiger partial charge in [0.1, 0.15) is 9.88 Å². The second-order valence-electron chi connectivity index (χ2n) is 5.04. The van der Waals surface area contributed by atoms with Crippen molar-refractivity contribution in [1.29, 1.82) is 0 Å². The molecule has 23 heavy (non-hydrogen) atoms. The van der Waals surface area contributed by atoms with Crippen molar-refractivity contribution in [2.75, 3.05) is 5.32 Å². The fourth-order valence-electron chi connectivity index (χ4n) is 2.32. The number of nitrogens with one attached hydrogen (secondary N) is 2. The van der Waals surface area contributed by atoms with Crippen molar-refractivity contribution in [3.8, 4) is 9.88 Å². The minimum absolute atomic E-state index is 0.134. The number of fused-ring (bicyclic) bond motifs is 1. The number of rotatable bonds is 3. The molecule has 0 saturated heterocycles. The summed E-state index contributed by atoms with van der Waals surface area (Å²) in [5, 5.41) is 13.7. The Labute approximate surface area is 140 Å². The van der Waals surface area contributed by atoms with E-state index in [4.69, 9.17) is 0 Å². The maximum absolute atomic E-state index is 12.5. The normalized spacial score (nSPS) is 11.0. The Morgan fingerprint density at radius 2 is 2.22 bits per heavy atom. The molecule has 0 aliphatic carbocycles. The molecule has 0 spiro atoms. The zero-order valence-corrected chi connectivity index (χ0v) is 13.8. The van der Waals surface area contributed by atoms with Crippen molar-refractivity contribution in [1.82, 2.24) is 15.2 Å². The van der Waals surface area contributed by atoms with Crippen LogP contribution in [0.15, 0.2) is 41.9 Å². The van der Waals surface area contributed by atoms with Gasteiger partial charge in [-0.15, -0.1) is 22.7 Å². The summed E-state index contributed by atoms with van der Waals surface area (Å²) in [6.45, 7) is 1.86. The van der Waals surface area contributed by atoms with Crippen LogP contribution in [0.3, 0.4) is 0 Å². The number of carbonyl (C=O) groups is 1. The third-order valence-electron chi connectivity index (χ3n) is 3.43. The summed E-state index contributed by atoms with van der Waals surface area (Å²) < 4.78 is 0. The first-order valence-electron chi connectivity index (χ1n) is 6.96. The summed E-state index contributed by atoms with van der Waals surface area (Å²) in [5.41, 5.74) is 2.44. The number of hydrogen-bond acceptors (Lipinski definition) is 5. The smallest absolute Gasteiger partial charge is 0.267 e.